The molecule has 0 fully saturated rings. The molecule has 0 bridgehead atoms. The molecule has 1 rings (SSSR count). The van der Waals surface area contributed by atoms with Crippen molar-refractivity contribution in [1.29, 1.82) is 5.26 Å². The van der Waals surface area contributed by atoms with Crippen molar-refractivity contribution in [3.8, 4) is 6.07 Å². The first-order chi connectivity index (χ1) is 7.27. The van der Waals surface area contributed by atoms with Gasteiger partial charge in [0.25, 0.3) is 6.43 Å². The molecular formula is C8H2F5IN2. The van der Waals surface area contributed by atoms with E-state index in [1.165, 1.54) is 28.7 Å². The van der Waals surface area contributed by atoms with Crippen molar-refractivity contribution in [3.05, 3.63) is 26.6 Å². The minimum Gasteiger partial charge on any atom is -0.236 e. The molecule has 1 aromatic rings. The molecule has 0 saturated carbocycles. The standard InChI is InChI=1S/C8H2F5IN2/c9-6(10)3-1-5(8(11,12)13)16-7(14)4(3)2-15/h1,6H. The molecular weight excluding hydrogens is 346 g/mol. The fraction of sp³-hybridized carbons (Fsp3) is 0.250. The van der Waals surface area contributed by atoms with E-state index in [4.69, 9.17) is 5.26 Å². The summed E-state index contributed by atoms with van der Waals surface area (Å²) in [6.07, 6.45) is -7.95. The Morgan fingerprint density at radius 2 is 1.94 bits per heavy atom. The molecule has 0 saturated heterocycles. The lowest BCUT2D eigenvalue weighted by atomic mass is 10.1. The smallest absolute Gasteiger partial charge is 0.236 e. The predicted molar refractivity (Wildman–Crippen MR) is 51.6 cm³/mol. The van der Waals surface area contributed by atoms with Crippen LogP contribution in [0.3, 0.4) is 0 Å². The van der Waals surface area contributed by atoms with Gasteiger partial charge in [0.15, 0.2) is 0 Å². The molecule has 86 valence electrons. The van der Waals surface area contributed by atoms with Crippen LogP contribution in [0.25, 0.3) is 0 Å². The normalized spacial score (nSPS) is 11.6. The van der Waals surface area contributed by atoms with Gasteiger partial charge in [-0.25, -0.2) is 13.8 Å². The molecule has 0 atom stereocenters. The summed E-state index contributed by atoms with van der Waals surface area (Å²) in [5.41, 5.74) is -2.90. The van der Waals surface area contributed by atoms with E-state index in [1.807, 2.05) is 0 Å². The van der Waals surface area contributed by atoms with Gasteiger partial charge in [-0.1, -0.05) is 0 Å². The highest BCUT2D eigenvalue weighted by atomic mass is 127. The first-order valence-corrected chi connectivity index (χ1v) is 4.81. The Morgan fingerprint density at radius 3 is 2.31 bits per heavy atom. The second kappa shape index (κ2) is 4.48. The van der Waals surface area contributed by atoms with Crippen molar-refractivity contribution >= 4 is 22.6 Å². The molecule has 2 nitrogen and oxygen atoms in total. The molecule has 0 N–H and O–H groups in total. The van der Waals surface area contributed by atoms with Crippen LogP contribution < -0.4 is 0 Å². The average molecular weight is 348 g/mol. The lowest BCUT2D eigenvalue weighted by Gasteiger charge is -2.10. The van der Waals surface area contributed by atoms with Crippen LogP contribution in [0, 0.1) is 15.0 Å². The van der Waals surface area contributed by atoms with Crippen LogP contribution in [0.15, 0.2) is 6.07 Å². The van der Waals surface area contributed by atoms with E-state index in [-0.39, 0.29) is 9.77 Å². The first kappa shape index (κ1) is 13.1. The maximum atomic E-state index is 12.4. The second-order valence-electron chi connectivity index (χ2n) is 2.67. The van der Waals surface area contributed by atoms with Crippen molar-refractivity contribution in [3.63, 3.8) is 0 Å². The van der Waals surface area contributed by atoms with E-state index < -0.39 is 29.4 Å². The van der Waals surface area contributed by atoms with Crippen molar-refractivity contribution in [2.24, 2.45) is 0 Å². The third-order valence-corrected chi connectivity index (χ3v) is 2.42. The quantitative estimate of drug-likeness (QED) is 0.443. The van der Waals surface area contributed by atoms with Crippen molar-refractivity contribution in [2.45, 2.75) is 12.6 Å². The number of hydrogen-bond acceptors (Lipinski definition) is 2. The zero-order valence-corrected chi connectivity index (χ0v) is 9.47. The summed E-state index contributed by atoms with van der Waals surface area (Å²) in [6.45, 7) is 0. The van der Waals surface area contributed by atoms with Crippen LogP contribution in [0.1, 0.15) is 23.2 Å². The zero-order valence-electron chi connectivity index (χ0n) is 7.32. The third kappa shape index (κ3) is 2.58. The van der Waals surface area contributed by atoms with Gasteiger partial charge in [0, 0.05) is 5.56 Å². The lowest BCUT2D eigenvalue weighted by molar-refractivity contribution is -0.141. The third-order valence-electron chi connectivity index (χ3n) is 1.64. The SMILES string of the molecule is N#Cc1c(C(F)F)cc(C(F)(F)F)nc1I. The summed E-state index contributed by atoms with van der Waals surface area (Å²) >= 11 is 1.32. The molecule has 16 heavy (non-hydrogen) atoms. The summed E-state index contributed by atoms with van der Waals surface area (Å²) in [7, 11) is 0. The molecule has 0 aliphatic rings. The Kier molecular flexibility index (Phi) is 3.67. The van der Waals surface area contributed by atoms with Crippen molar-refractivity contribution in [2.75, 3.05) is 0 Å². The second-order valence-corrected chi connectivity index (χ2v) is 3.69. The predicted octanol–water partition coefficient (Wildman–Crippen LogP) is 3.51. The van der Waals surface area contributed by atoms with Crippen LogP contribution in [-0.2, 0) is 6.18 Å². The van der Waals surface area contributed by atoms with E-state index in [1.54, 1.807) is 0 Å². The van der Waals surface area contributed by atoms with Crippen LogP contribution >= 0.6 is 22.6 Å². The molecule has 1 heterocycles. The first-order valence-electron chi connectivity index (χ1n) is 3.73. The summed E-state index contributed by atoms with van der Waals surface area (Å²) in [6, 6.07) is 1.61. The number of alkyl halides is 5. The Morgan fingerprint density at radius 1 is 1.38 bits per heavy atom. The monoisotopic (exact) mass is 348 g/mol. The van der Waals surface area contributed by atoms with Gasteiger partial charge < -0.3 is 0 Å². The fourth-order valence-corrected chi connectivity index (χ4v) is 1.65. The van der Waals surface area contributed by atoms with Gasteiger partial charge in [-0.3, -0.25) is 0 Å². The van der Waals surface area contributed by atoms with E-state index in [0.29, 0.717) is 0 Å². The van der Waals surface area contributed by atoms with E-state index in [9.17, 15) is 22.0 Å². The van der Waals surface area contributed by atoms with E-state index in [0.717, 1.165) is 0 Å². The van der Waals surface area contributed by atoms with Gasteiger partial charge >= 0.3 is 6.18 Å². The highest BCUT2D eigenvalue weighted by Gasteiger charge is 2.35. The lowest BCUT2D eigenvalue weighted by Crippen LogP contribution is -2.11. The number of halogens is 6. The average Bonchev–Trinajstić information content (AvgIpc) is 2.14. The van der Waals surface area contributed by atoms with Crippen LogP contribution in [0.2, 0.25) is 0 Å². The Bertz CT molecular complexity index is 449. The van der Waals surface area contributed by atoms with Crippen molar-refractivity contribution < 1.29 is 22.0 Å². The van der Waals surface area contributed by atoms with Gasteiger partial charge in [0.1, 0.15) is 15.5 Å². The largest absolute Gasteiger partial charge is 0.433 e. The summed E-state index contributed by atoms with van der Waals surface area (Å²) in [5, 5.41) is 8.53. The highest BCUT2D eigenvalue weighted by Crippen LogP contribution is 2.33. The van der Waals surface area contributed by atoms with Crippen LogP contribution in [0.4, 0.5) is 22.0 Å². The molecule has 0 aromatic carbocycles. The number of pyridine rings is 1. The molecule has 0 aliphatic heterocycles. The topological polar surface area (TPSA) is 36.7 Å². The summed E-state index contributed by atoms with van der Waals surface area (Å²) < 4.78 is 61.2. The fourth-order valence-electron chi connectivity index (χ4n) is 0.960. The van der Waals surface area contributed by atoms with Crippen LogP contribution in [-0.4, -0.2) is 4.98 Å². The molecule has 0 aliphatic carbocycles. The Labute approximate surface area is 100 Å². The molecule has 0 radical (unpaired) electrons. The Hall–Kier alpha value is -0.980. The van der Waals surface area contributed by atoms with Gasteiger partial charge in [-0.05, 0) is 28.7 Å². The molecule has 0 unspecified atom stereocenters. The molecule has 1 aromatic heterocycles. The molecule has 8 heteroatoms. The van der Waals surface area contributed by atoms with E-state index in [2.05, 4.69) is 4.98 Å². The highest BCUT2D eigenvalue weighted by molar-refractivity contribution is 14.1. The minimum absolute atomic E-state index is 0.200. The molecule has 0 spiro atoms. The van der Waals surface area contributed by atoms with E-state index >= 15 is 0 Å². The number of nitriles is 1. The van der Waals surface area contributed by atoms with Gasteiger partial charge in [0.2, 0.25) is 0 Å². The van der Waals surface area contributed by atoms with Gasteiger partial charge in [0.05, 0.1) is 5.56 Å². The van der Waals surface area contributed by atoms with Crippen molar-refractivity contribution in [1.82, 2.24) is 4.98 Å². The Balaban J connectivity index is 3.48. The summed E-state index contributed by atoms with van der Waals surface area (Å²) in [5.74, 6) is 0. The minimum atomic E-state index is -4.81. The maximum absolute atomic E-state index is 12.4. The number of aromatic nitrogens is 1. The molecule has 0 amide bonds. The van der Waals surface area contributed by atoms with Gasteiger partial charge in [-0.15, -0.1) is 0 Å². The number of hydrogen-bond donors (Lipinski definition) is 0. The number of nitrogens with zero attached hydrogens (tertiary/aromatic N) is 2. The van der Waals surface area contributed by atoms with Gasteiger partial charge in [-0.2, -0.15) is 18.4 Å². The zero-order chi connectivity index (χ0) is 12.5. The summed E-state index contributed by atoms with van der Waals surface area (Å²) in [4.78, 5) is 3.06. The number of rotatable bonds is 1. The maximum Gasteiger partial charge on any atom is 0.433 e. The van der Waals surface area contributed by atoms with Crippen LogP contribution in [0.5, 0.6) is 0 Å².